The number of oxazole rings is 1. The third-order valence-corrected chi connectivity index (χ3v) is 2.82. The number of rotatable bonds is 2. The summed E-state index contributed by atoms with van der Waals surface area (Å²) in [4.78, 5) is 4.27. The first kappa shape index (κ1) is 11.2. The summed E-state index contributed by atoms with van der Waals surface area (Å²) in [7, 11) is 0. The zero-order valence-corrected chi connectivity index (χ0v) is 10.1. The molecule has 0 bridgehead atoms. The van der Waals surface area contributed by atoms with E-state index in [1.54, 1.807) is 18.3 Å². The lowest BCUT2D eigenvalue weighted by Crippen LogP contribution is -1.78. The molecule has 19 heavy (non-hydrogen) atoms. The molecule has 0 aliphatic heterocycles. The number of benzene rings is 2. The molecule has 0 atom stereocenters. The molecule has 1 heterocycles. The summed E-state index contributed by atoms with van der Waals surface area (Å²) in [6.07, 6.45) is 1.71. The second-order valence-corrected chi connectivity index (χ2v) is 4.08. The van der Waals surface area contributed by atoms with Crippen molar-refractivity contribution >= 4 is 0 Å². The van der Waals surface area contributed by atoms with Crippen LogP contribution in [0.3, 0.4) is 0 Å². The van der Waals surface area contributed by atoms with Crippen LogP contribution in [0.4, 0.5) is 0 Å². The summed E-state index contributed by atoms with van der Waals surface area (Å²) < 4.78 is 5.74. The molecule has 3 heteroatoms. The highest BCUT2D eigenvalue weighted by Crippen LogP contribution is 2.25. The van der Waals surface area contributed by atoms with Crippen LogP contribution in [0, 0.1) is 11.3 Å². The summed E-state index contributed by atoms with van der Waals surface area (Å²) >= 11 is 0. The third-order valence-electron chi connectivity index (χ3n) is 2.82. The first-order valence-corrected chi connectivity index (χ1v) is 5.88. The lowest BCUT2D eigenvalue weighted by Gasteiger charge is -1.96. The van der Waals surface area contributed by atoms with Gasteiger partial charge in [0, 0.05) is 11.1 Å². The molecule has 90 valence electrons. The lowest BCUT2D eigenvalue weighted by molar-refractivity contribution is 0.589. The Kier molecular flexibility index (Phi) is 2.83. The smallest absolute Gasteiger partial charge is 0.226 e. The van der Waals surface area contributed by atoms with Gasteiger partial charge in [-0.15, -0.1) is 0 Å². The number of nitriles is 1. The topological polar surface area (TPSA) is 49.8 Å². The van der Waals surface area contributed by atoms with E-state index in [2.05, 4.69) is 11.1 Å². The van der Waals surface area contributed by atoms with Crippen molar-refractivity contribution in [2.24, 2.45) is 0 Å². The van der Waals surface area contributed by atoms with E-state index in [-0.39, 0.29) is 0 Å². The lowest BCUT2D eigenvalue weighted by atomic mass is 10.1. The van der Waals surface area contributed by atoms with Crippen LogP contribution in [-0.4, -0.2) is 4.98 Å². The van der Waals surface area contributed by atoms with Crippen LogP contribution in [0.15, 0.2) is 65.2 Å². The van der Waals surface area contributed by atoms with Crippen molar-refractivity contribution < 1.29 is 4.42 Å². The minimum atomic E-state index is 0.559. The van der Waals surface area contributed by atoms with Crippen molar-refractivity contribution in [1.82, 2.24) is 4.98 Å². The average Bonchev–Trinajstić information content (AvgIpc) is 2.98. The predicted octanol–water partition coefficient (Wildman–Crippen LogP) is 3.88. The van der Waals surface area contributed by atoms with E-state index in [9.17, 15) is 0 Å². The molecule has 0 aliphatic rings. The van der Waals surface area contributed by atoms with Gasteiger partial charge in [0.05, 0.1) is 17.8 Å². The van der Waals surface area contributed by atoms with Crippen LogP contribution in [-0.2, 0) is 0 Å². The third kappa shape index (κ3) is 2.24. The van der Waals surface area contributed by atoms with Gasteiger partial charge in [0.2, 0.25) is 5.89 Å². The standard InChI is InChI=1S/C16H10N2O/c17-10-12-6-8-14(9-7-12)16-18-11-15(19-16)13-4-2-1-3-5-13/h1-9,11H. The predicted molar refractivity (Wildman–Crippen MR) is 72.1 cm³/mol. The molecule has 0 saturated heterocycles. The van der Waals surface area contributed by atoms with Crippen LogP contribution >= 0.6 is 0 Å². The van der Waals surface area contributed by atoms with Crippen molar-refractivity contribution in [3.8, 4) is 28.8 Å². The van der Waals surface area contributed by atoms with Crippen LogP contribution in [0.1, 0.15) is 5.56 Å². The molecule has 3 rings (SSSR count). The molecule has 2 aromatic carbocycles. The van der Waals surface area contributed by atoms with Gasteiger partial charge in [0.15, 0.2) is 5.76 Å². The van der Waals surface area contributed by atoms with E-state index in [0.29, 0.717) is 11.5 Å². The maximum Gasteiger partial charge on any atom is 0.226 e. The molecule has 0 N–H and O–H groups in total. The van der Waals surface area contributed by atoms with E-state index in [1.807, 2.05) is 42.5 Å². The molecule has 0 unspecified atom stereocenters. The first-order valence-electron chi connectivity index (χ1n) is 5.88. The van der Waals surface area contributed by atoms with Gasteiger partial charge in [-0.1, -0.05) is 30.3 Å². The van der Waals surface area contributed by atoms with Gasteiger partial charge >= 0.3 is 0 Å². The fourth-order valence-corrected chi connectivity index (χ4v) is 1.83. The summed E-state index contributed by atoms with van der Waals surface area (Å²) in [6.45, 7) is 0. The number of aromatic nitrogens is 1. The molecule has 0 saturated carbocycles. The van der Waals surface area contributed by atoms with E-state index >= 15 is 0 Å². The molecule has 0 amide bonds. The Labute approximate surface area is 110 Å². The van der Waals surface area contributed by atoms with Crippen molar-refractivity contribution in [3.05, 3.63) is 66.4 Å². The van der Waals surface area contributed by atoms with Crippen molar-refractivity contribution in [2.45, 2.75) is 0 Å². The maximum absolute atomic E-state index is 8.76. The molecule has 0 aliphatic carbocycles. The Morgan fingerprint density at radius 3 is 2.32 bits per heavy atom. The van der Waals surface area contributed by atoms with Gasteiger partial charge in [-0.2, -0.15) is 5.26 Å². The molecule has 0 fully saturated rings. The van der Waals surface area contributed by atoms with E-state index in [4.69, 9.17) is 9.68 Å². The monoisotopic (exact) mass is 246 g/mol. The molecule has 3 aromatic rings. The fourth-order valence-electron chi connectivity index (χ4n) is 1.83. The van der Waals surface area contributed by atoms with Crippen molar-refractivity contribution in [3.63, 3.8) is 0 Å². The van der Waals surface area contributed by atoms with E-state index in [0.717, 1.165) is 16.9 Å². The fraction of sp³-hybridized carbons (Fsp3) is 0. The number of hydrogen-bond donors (Lipinski definition) is 0. The Morgan fingerprint density at radius 2 is 1.63 bits per heavy atom. The highest BCUT2D eigenvalue weighted by Gasteiger charge is 2.07. The van der Waals surface area contributed by atoms with Crippen LogP contribution in [0.5, 0.6) is 0 Å². The molecule has 3 nitrogen and oxygen atoms in total. The Balaban J connectivity index is 1.95. The Hall–Kier alpha value is -2.86. The van der Waals surface area contributed by atoms with Crippen LogP contribution in [0.25, 0.3) is 22.8 Å². The molecule has 1 aromatic heterocycles. The average molecular weight is 246 g/mol. The molecular formula is C16H10N2O. The van der Waals surface area contributed by atoms with Crippen molar-refractivity contribution in [2.75, 3.05) is 0 Å². The van der Waals surface area contributed by atoms with Crippen LogP contribution < -0.4 is 0 Å². The molecule has 0 spiro atoms. The molecule has 0 radical (unpaired) electrons. The largest absolute Gasteiger partial charge is 0.436 e. The van der Waals surface area contributed by atoms with Gasteiger partial charge in [-0.05, 0) is 24.3 Å². The van der Waals surface area contributed by atoms with Gasteiger partial charge in [0.1, 0.15) is 0 Å². The SMILES string of the molecule is N#Cc1ccc(-c2ncc(-c3ccccc3)o2)cc1. The highest BCUT2D eigenvalue weighted by molar-refractivity contribution is 5.61. The van der Waals surface area contributed by atoms with E-state index in [1.165, 1.54) is 0 Å². The Morgan fingerprint density at radius 1 is 0.895 bits per heavy atom. The van der Waals surface area contributed by atoms with Crippen molar-refractivity contribution in [1.29, 1.82) is 5.26 Å². The minimum absolute atomic E-state index is 0.559. The quantitative estimate of drug-likeness (QED) is 0.689. The second kappa shape index (κ2) is 4.79. The summed E-state index contributed by atoms with van der Waals surface area (Å²) in [6, 6.07) is 19.1. The molecular weight excluding hydrogens is 236 g/mol. The highest BCUT2D eigenvalue weighted by atomic mass is 16.4. The van der Waals surface area contributed by atoms with Gasteiger partial charge in [-0.25, -0.2) is 4.98 Å². The van der Waals surface area contributed by atoms with Gasteiger partial charge < -0.3 is 4.42 Å². The second-order valence-electron chi connectivity index (χ2n) is 4.08. The summed E-state index contributed by atoms with van der Waals surface area (Å²) in [5.74, 6) is 1.29. The Bertz CT molecular complexity index is 721. The first-order chi connectivity index (χ1) is 9.36. The number of nitrogens with zero attached hydrogens (tertiary/aromatic N) is 2. The zero-order valence-electron chi connectivity index (χ0n) is 10.1. The zero-order chi connectivity index (χ0) is 13.1. The normalized spacial score (nSPS) is 10.1. The number of hydrogen-bond acceptors (Lipinski definition) is 3. The summed E-state index contributed by atoms with van der Waals surface area (Å²) in [5, 5.41) is 8.76. The minimum Gasteiger partial charge on any atom is -0.436 e. The van der Waals surface area contributed by atoms with E-state index < -0.39 is 0 Å². The van der Waals surface area contributed by atoms with Gasteiger partial charge in [-0.3, -0.25) is 0 Å². The van der Waals surface area contributed by atoms with Crippen LogP contribution in [0.2, 0.25) is 0 Å². The maximum atomic E-state index is 8.76. The summed E-state index contributed by atoms with van der Waals surface area (Å²) in [5.41, 5.74) is 2.48. The van der Waals surface area contributed by atoms with Gasteiger partial charge in [0.25, 0.3) is 0 Å².